The minimum atomic E-state index is 0.179. The van der Waals surface area contributed by atoms with Crippen molar-refractivity contribution < 1.29 is 0 Å². The van der Waals surface area contributed by atoms with Gasteiger partial charge in [-0.05, 0) is 19.9 Å². The summed E-state index contributed by atoms with van der Waals surface area (Å²) in [4.78, 5) is 2.38. The summed E-state index contributed by atoms with van der Waals surface area (Å²) in [5.74, 6) is 0.179. The molecule has 1 fully saturated rings. The van der Waals surface area contributed by atoms with Gasteiger partial charge in [-0.3, -0.25) is 4.90 Å². The van der Waals surface area contributed by atoms with Gasteiger partial charge in [0, 0.05) is 19.8 Å². The van der Waals surface area contributed by atoms with Crippen LogP contribution in [0.15, 0.2) is 0 Å². The fraction of sp³-hybridized carbons (Fsp3) is 0.875. The maximum Gasteiger partial charge on any atom is 0.0800 e. The largest absolute Gasteiger partial charge is 0.320 e. The SMILES string of the molecule is CC(C#N)CN1CCCN([SiH3])C1. The van der Waals surface area contributed by atoms with E-state index in [1.807, 2.05) is 6.92 Å². The van der Waals surface area contributed by atoms with Crippen molar-refractivity contribution in [2.75, 3.05) is 26.3 Å². The normalized spacial score (nSPS) is 23.7. The molecule has 0 amide bonds. The maximum absolute atomic E-state index is 8.65. The van der Waals surface area contributed by atoms with Gasteiger partial charge in [-0.25, -0.2) is 0 Å². The third-order valence-electron chi connectivity index (χ3n) is 2.21. The summed E-state index contributed by atoms with van der Waals surface area (Å²) in [6, 6.07) is 2.28. The summed E-state index contributed by atoms with van der Waals surface area (Å²) in [6.45, 7) is 6.44. The van der Waals surface area contributed by atoms with Gasteiger partial charge >= 0.3 is 0 Å². The van der Waals surface area contributed by atoms with E-state index in [1.165, 1.54) is 19.5 Å². The molecule has 0 aromatic heterocycles. The van der Waals surface area contributed by atoms with Crippen LogP contribution in [0.3, 0.4) is 0 Å². The summed E-state index contributed by atoms with van der Waals surface area (Å²) in [5.41, 5.74) is 0. The summed E-state index contributed by atoms with van der Waals surface area (Å²) in [5, 5.41) is 8.65. The molecule has 1 aliphatic heterocycles. The number of hydrogen-bond donors (Lipinski definition) is 0. The van der Waals surface area contributed by atoms with Crippen molar-refractivity contribution in [1.29, 1.82) is 5.26 Å². The quantitative estimate of drug-likeness (QED) is 0.535. The summed E-state index contributed by atoms with van der Waals surface area (Å²) >= 11 is 0. The van der Waals surface area contributed by atoms with Gasteiger partial charge in [-0.15, -0.1) is 0 Å². The second kappa shape index (κ2) is 4.60. The first-order valence-electron chi connectivity index (χ1n) is 4.53. The second-order valence-electron chi connectivity index (χ2n) is 3.68. The fourth-order valence-corrected chi connectivity index (χ4v) is 2.34. The highest BCUT2D eigenvalue weighted by Crippen LogP contribution is 2.05. The standard InChI is InChI=1S/C8H17N3Si/c1-8(5-9)6-10-3-2-4-11(12)7-10/h8H,2-4,6-7H2,1,12H3. The van der Waals surface area contributed by atoms with Gasteiger partial charge in [0.25, 0.3) is 0 Å². The first-order valence-corrected chi connectivity index (χ1v) is 5.42. The molecule has 12 heavy (non-hydrogen) atoms. The van der Waals surface area contributed by atoms with Crippen molar-refractivity contribution in [3.05, 3.63) is 0 Å². The summed E-state index contributed by atoms with van der Waals surface area (Å²) in [7, 11) is 1.15. The molecule has 1 saturated heterocycles. The molecule has 1 heterocycles. The first kappa shape index (κ1) is 9.71. The van der Waals surface area contributed by atoms with Gasteiger partial charge in [-0.1, -0.05) is 0 Å². The second-order valence-corrected chi connectivity index (χ2v) is 4.95. The number of hydrogen-bond acceptors (Lipinski definition) is 3. The van der Waals surface area contributed by atoms with Crippen molar-refractivity contribution in [2.45, 2.75) is 13.3 Å². The van der Waals surface area contributed by atoms with E-state index in [0.717, 1.165) is 23.6 Å². The van der Waals surface area contributed by atoms with Gasteiger partial charge in [0.1, 0.15) is 0 Å². The van der Waals surface area contributed by atoms with E-state index in [0.29, 0.717) is 0 Å². The van der Waals surface area contributed by atoms with Crippen molar-refractivity contribution in [2.24, 2.45) is 5.92 Å². The molecule has 1 atom stereocenters. The molecule has 0 bridgehead atoms. The van der Waals surface area contributed by atoms with Crippen LogP contribution in [0.1, 0.15) is 13.3 Å². The Bertz CT molecular complexity index is 178. The third kappa shape index (κ3) is 2.93. The van der Waals surface area contributed by atoms with E-state index in [-0.39, 0.29) is 5.92 Å². The first-order chi connectivity index (χ1) is 5.72. The fourth-order valence-electron chi connectivity index (χ4n) is 1.62. The van der Waals surface area contributed by atoms with Crippen LogP contribution in [0.25, 0.3) is 0 Å². The van der Waals surface area contributed by atoms with Crippen LogP contribution in [0.4, 0.5) is 0 Å². The van der Waals surface area contributed by atoms with E-state index in [2.05, 4.69) is 15.5 Å². The number of rotatable bonds is 2. The predicted molar refractivity (Wildman–Crippen MR) is 52.5 cm³/mol. The molecule has 0 N–H and O–H groups in total. The Balaban J connectivity index is 2.28. The van der Waals surface area contributed by atoms with Crippen LogP contribution in [0.2, 0.25) is 0 Å². The van der Waals surface area contributed by atoms with Crippen LogP contribution in [-0.4, -0.2) is 46.2 Å². The Morgan fingerprint density at radius 3 is 2.92 bits per heavy atom. The smallest absolute Gasteiger partial charge is 0.0800 e. The van der Waals surface area contributed by atoms with E-state index < -0.39 is 0 Å². The van der Waals surface area contributed by atoms with E-state index in [4.69, 9.17) is 5.26 Å². The van der Waals surface area contributed by atoms with E-state index >= 15 is 0 Å². The van der Waals surface area contributed by atoms with Crippen LogP contribution in [0.5, 0.6) is 0 Å². The van der Waals surface area contributed by atoms with Crippen molar-refractivity contribution in [1.82, 2.24) is 9.47 Å². The lowest BCUT2D eigenvalue weighted by atomic mass is 10.2. The summed E-state index contributed by atoms with van der Waals surface area (Å²) < 4.78 is 2.44. The molecule has 4 heteroatoms. The lowest BCUT2D eigenvalue weighted by molar-refractivity contribution is 0.141. The highest BCUT2D eigenvalue weighted by molar-refractivity contribution is 6.04. The maximum atomic E-state index is 8.65. The van der Waals surface area contributed by atoms with Crippen LogP contribution >= 0.6 is 0 Å². The third-order valence-corrected chi connectivity index (χ3v) is 2.94. The van der Waals surface area contributed by atoms with Gasteiger partial charge in [-0.2, -0.15) is 5.26 Å². The zero-order valence-electron chi connectivity index (χ0n) is 7.95. The molecule has 0 aliphatic carbocycles. The molecule has 68 valence electrons. The van der Waals surface area contributed by atoms with Crippen LogP contribution < -0.4 is 0 Å². The molecule has 0 aromatic rings. The zero-order chi connectivity index (χ0) is 8.97. The predicted octanol–water partition coefficient (Wildman–Crippen LogP) is -0.608. The van der Waals surface area contributed by atoms with E-state index in [9.17, 15) is 0 Å². The molecule has 1 rings (SSSR count). The Kier molecular flexibility index (Phi) is 3.73. The number of nitrogens with zero attached hydrogens (tertiary/aromatic N) is 3. The molecule has 1 aliphatic rings. The molecular weight excluding hydrogens is 166 g/mol. The highest BCUT2D eigenvalue weighted by atomic mass is 28.2. The molecular formula is C8H17N3Si. The lowest BCUT2D eigenvalue weighted by Crippen LogP contribution is -2.44. The monoisotopic (exact) mass is 183 g/mol. The molecule has 1 unspecified atom stereocenters. The van der Waals surface area contributed by atoms with Crippen molar-refractivity contribution >= 4 is 10.4 Å². The van der Waals surface area contributed by atoms with Crippen molar-refractivity contribution in [3.63, 3.8) is 0 Å². The average molecular weight is 183 g/mol. The molecule has 0 radical (unpaired) electrons. The lowest BCUT2D eigenvalue weighted by Gasteiger charge is -2.33. The Labute approximate surface area is 77.5 Å². The molecule has 0 spiro atoms. The van der Waals surface area contributed by atoms with Gasteiger partial charge < -0.3 is 4.57 Å². The molecule has 0 aromatic carbocycles. The molecule has 3 nitrogen and oxygen atoms in total. The Morgan fingerprint density at radius 1 is 1.58 bits per heavy atom. The van der Waals surface area contributed by atoms with Crippen LogP contribution in [0, 0.1) is 17.2 Å². The average Bonchev–Trinajstić information content (AvgIpc) is 2.04. The minimum Gasteiger partial charge on any atom is -0.320 e. The minimum absolute atomic E-state index is 0.179. The highest BCUT2D eigenvalue weighted by Gasteiger charge is 2.15. The number of nitriles is 1. The van der Waals surface area contributed by atoms with Crippen LogP contribution in [-0.2, 0) is 0 Å². The zero-order valence-corrected chi connectivity index (χ0v) is 9.95. The van der Waals surface area contributed by atoms with Crippen molar-refractivity contribution in [3.8, 4) is 6.07 Å². The Hall–Kier alpha value is -0.373. The van der Waals surface area contributed by atoms with Gasteiger partial charge in [0.05, 0.1) is 22.4 Å². The topological polar surface area (TPSA) is 30.3 Å². The molecule has 0 saturated carbocycles. The van der Waals surface area contributed by atoms with Gasteiger partial charge in [0.2, 0.25) is 0 Å². The Morgan fingerprint density at radius 2 is 2.33 bits per heavy atom. The summed E-state index contributed by atoms with van der Waals surface area (Å²) in [6.07, 6.45) is 1.27. The van der Waals surface area contributed by atoms with Gasteiger partial charge in [0.15, 0.2) is 0 Å². The van der Waals surface area contributed by atoms with E-state index in [1.54, 1.807) is 0 Å².